The minimum atomic E-state index is 0.691. The summed E-state index contributed by atoms with van der Waals surface area (Å²) in [6.07, 6.45) is 6.53. The van der Waals surface area contributed by atoms with Gasteiger partial charge in [0.2, 0.25) is 0 Å². The van der Waals surface area contributed by atoms with Crippen LogP contribution < -0.4 is 5.73 Å². The summed E-state index contributed by atoms with van der Waals surface area (Å²) < 4.78 is 0. The highest BCUT2D eigenvalue weighted by Crippen LogP contribution is 2.29. The standard InChI is InChI=1S/C12H9N5S/c13-8-1-2-9-10(5-8)16-7-17-12(9)18-11-6-14-3-4-15-11/h1-7H,13H2. The summed E-state index contributed by atoms with van der Waals surface area (Å²) in [7, 11) is 0. The van der Waals surface area contributed by atoms with Crippen LogP contribution in [0.4, 0.5) is 5.69 Å². The number of anilines is 1. The summed E-state index contributed by atoms with van der Waals surface area (Å²) in [4.78, 5) is 16.7. The molecular weight excluding hydrogens is 246 g/mol. The van der Waals surface area contributed by atoms with Crippen LogP contribution in [0.2, 0.25) is 0 Å². The van der Waals surface area contributed by atoms with Crippen LogP contribution in [0.1, 0.15) is 0 Å². The third-order valence-corrected chi connectivity index (χ3v) is 3.30. The van der Waals surface area contributed by atoms with E-state index >= 15 is 0 Å². The van der Waals surface area contributed by atoms with Gasteiger partial charge in [-0.15, -0.1) is 0 Å². The van der Waals surface area contributed by atoms with Crippen molar-refractivity contribution in [2.75, 3.05) is 5.73 Å². The van der Waals surface area contributed by atoms with Gasteiger partial charge < -0.3 is 5.73 Å². The normalized spacial score (nSPS) is 10.7. The van der Waals surface area contributed by atoms with Gasteiger partial charge in [0.15, 0.2) is 0 Å². The number of rotatable bonds is 2. The van der Waals surface area contributed by atoms with Crippen molar-refractivity contribution in [1.82, 2.24) is 19.9 Å². The van der Waals surface area contributed by atoms with Crippen molar-refractivity contribution >= 4 is 28.4 Å². The lowest BCUT2D eigenvalue weighted by atomic mass is 10.2. The molecule has 0 aliphatic rings. The molecule has 6 heteroatoms. The van der Waals surface area contributed by atoms with E-state index in [1.807, 2.05) is 18.2 Å². The fourth-order valence-corrected chi connectivity index (χ4v) is 2.38. The second-order valence-electron chi connectivity index (χ2n) is 3.60. The van der Waals surface area contributed by atoms with E-state index in [0.29, 0.717) is 5.69 Å². The molecule has 2 aromatic heterocycles. The smallest absolute Gasteiger partial charge is 0.121 e. The molecule has 0 spiro atoms. The van der Waals surface area contributed by atoms with Crippen molar-refractivity contribution in [1.29, 1.82) is 0 Å². The van der Waals surface area contributed by atoms with Gasteiger partial charge in [0, 0.05) is 23.5 Å². The van der Waals surface area contributed by atoms with Crippen LogP contribution >= 0.6 is 11.8 Å². The second kappa shape index (κ2) is 4.58. The second-order valence-corrected chi connectivity index (χ2v) is 4.61. The highest BCUT2D eigenvalue weighted by atomic mass is 32.2. The number of nitrogens with two attached hydrogens (primary N) is 1. The number of hydrogen-bond acceptors (Lipinski definition) is 6. The lowest BCUT2D eigenvalue weighted by Crippen LogP contribution is -1.90. The summed E-state index contributed by atoms with van der Waals surface area (Å²) in [5, 5.41) is 2.61. The summed E-state index contributed by atoms with van der Waals surface area (Å²) in [5.74, 6) is 0. The zero-order valence-electron chi connectivity index (χ0n) is 9.32. The Morgan fingerprint density at radius 2 is 2.00 bits per heavy atom. The predicted molar refractivity (Wildman–Crippen MR) is 70.1 cm³/mol. The number of aromatic nitrogens is 4. The first-order chi connectivity index (χ1) is 8.83. The molecule has 0 bridgehead atoms. The molecule has 2 N–H and O–H groups in total. The number of nitrogen functional groups attached to an aromatic ring is 1. The molecule has 18 heavy (non-hydrogen) atoms. The molecule has 0 atom stereocenters. The maximum absolute atomic E-state index is 5.74. The van der Waals surface area contributed by atoms with Gasteiger partial charge in [0.1, 0.15) is 16.4 Å². The van der Waals surface area contributed by atoms with Gasteiger partial charge in [0.05, 0.1) is 11.7 Å². The monoisotopic (exact) mass is 255 g/mol. The van der Waals surface area contributed by atoms with E-state index in [4.69, 9.17) is 5.73 Å². The molecule has 0 amide bonds. The molecular formula is C12H9N5S. The van der Waals surface area contributed by atoms with Crippen molar-refractivity contribution in [3.05, 3.63) is 43.1 Å². The minimum absolute atomic E-state index is 0.691. The maximum Gasteiger partial charge on any atom is 0.121 e. The fraction of sp³-hybridized carbons (Fsp3) is 0. The molecule has 88 valence electrons. The van der Waals surface area contributed by atoms with Gasteiger partial charge in [-0.2, -0.15) is 0 Å². The Labute approximate surface area is 108 Å². The minimum Gasteiger partial charge on any atom is -0.399 e. The van der Waals surface area contributed by atoms with Gasteiger partial charge >= 0.3 is 0 Å². The van der Waals surface area contributed by atoms with Crippen LogP contribution in [0.5, 0.6) is 0 Å². The van der Waals surface area contributed by atoms with Gasteiger partial charge in [-0.05, 0) is 30.0 Å². The topological polar surface area (TPSA) is 77.6 Å². The van der Waals surface area contributed by atoms with Crippen molar-refractivity contribution in [2.24, 2.45) is 0 Å². The van der Waals surface area contributed by atoms with Crippen LogP contribution in [0.3, 0.4) is 0 Å². The molecule has 0 saturated carbocycles. The van der Waals surface area contributed by atoms with E-state index in [2.05, 4.69) is 19.9 Å². The number of fused-ring (bicyclic) bond motifs is 1. The fourth-order valence-electron chi connectivity index (χ4n) is 1.57. The molecule has 0 aliphatic heterocycles. The molecule has 5 nitrogen and oxygen atoms in total. The summed E-state index contributed by atoms with van der Waals surface area (Å²) in [6.45, 7) is 0. The summed E-state index contributed by atoms with van der Waals surface area (Å²) in [6, 6.07) is 5.59. The first-order valence-electron chi connectivity index (χ1n) is 5.27. The molecule has 1 aromatic carbocycles. The average Bonchev–Trinajstić information content (AvgIpc) is 2.40. The molecule has 0 fully saturated rings. The van der Waals surface area contributed by atoms with E-state index in [-0.39, 0.29) is 0 Å². The van der Waals surface area contributed by atoms with E-state index in [1.54, 1.807) is 18.6 Å². The maximum atomic E-state index is 5.74. The van der Waals surface area contributed by atoms with E-state index in [1.165, 1.54) is 18.1 Å². The third-order valence-electron chi connectivity index (χ3n) is 2.36. The largest absolute Gasteiger partial charge is 0.399 e. The zero-order valence-corrected chi connectivity index (χ0v) is 10.1. The van der Waals surface area contributed by atoms with E-state index in [9.17, 15) is 0 Å². The lowest BCUT2D eigenvalue weighted by molar-refractivity contribution is 1.04. The van der Waals surface area contributed by atoms with Gasteiger partial charge in [-0.1, -0.05) is 0 Å². The van der Waals surface area contributed by atoms with Crippen LogP contribution in [-0.2, 0) is 0 Å². The molecule has 0 unspecified atom stereocenters. The zero-order chi connectivity index (χ0) is 12.4. The predicted octanol–water partition coefficient (Wildman–Crippen LogP) is 2.15. The van der Waals surface area contributed by atoms with Crippen LogP contribution in [0.15, 0.2) is 53.2 Å². The van der Waals surface area contributed by atoms with Crippen molar-refractivity contribution in [3.63, 3.8) is 0 Å². The number of benzene rings is 1. The first-order valence-corrected chi connectivity index (χ1v) is 6.09. The molecule has 0 aliphatic carbocycles. The molecule has 0 saturated heterocycles. The molecule has 3 aromatic rings. The number of hydrogen-bond donors (Lipinski definition) is 1. The van der Waals surface area contributed by atoms with E-state index in [0.717, 1.165) is 21.0 Å². The quantitative estimate of drug-likeness (QED) is 0.558. The van der Waals surface area contributed by atoms with Crippen LogP contribution in [0.25, 0.3) is 10.9 Å². The van der Waals surface area contributed by atoms with E-state index < -0.39 is 0 Å². The first kappa shape index (κ1) is 10.9. The summed E-state index contributed by atoms with van der Waals surface area (Å²) in [5.41, 5.74) is 7.26. The van der Waals surface area contributed by atoms with Crippen molar-refractivity contribution in [3.8, 4) is 0 Å². The van der Waals surface area contributed by atoms with Gasteiger partial charge in [0.25, 0.3) is 0 Å². The Morgan fingerprint density at radius 3 is 2.83 bits per heavy atom. The number of nitrogens with zero attached hydrogens (tertiary/aromatic N) is 4. The third kappa shape index (κ3) is 2.10. The van der Waals surface area contributed by atoms with Gasteiger partial charge in [-0.3, -0.25) is 4.98 Å². The van der Waals surface area contributed by atoms with Crippen LogP contribution in [0, 0.1) is 0 Å². The Balaban J connectivity index is 2.07. The lowest BCUT2D eigenvalue weighted by Gasteiger charge is -2.04. The van der Waals surface area contributed by atoms with Crippen LogP contribution in [-0.4, -0.2) is 19.9 Å². The average molecular weight is 255 g/mol. The van der Waals surface area contributed by atoms with Crippen molar-refractivity contribution in [2.45, 2.75) is 10.1 Å². The SMILES string of the molecule is Nc1ccc2c(Sc3cnccn3)ncnc2c1. The van der Waals surface area contributed by atoms with Crippen molar-refractivity contribution < 1.29 is 0 Å². The summed E-state index contributed by atoms with van der Waals surface area (Å²) >= 11 is 1.46. The molecule has 3 rings (SSSR count). The molecule has 2 heterocycles. The Bertz CT molecular complexity index is 686. The van der Waals surface area contributed by atoms with Gasteiger partial charge in [-0.25, -0.2) is 15.0 Å². The Hall–Kier alpha value is -2.21. The molecule has 0 radical (unpaired) electrons. The highest BCUT2D eigenvalue weighted by molar-refractivity contribution is 7.99. The highest BCUT2D eigenvalue weighted by Gasteiger charge is 2.06. The Morgan fingerprint density at radius 1 is 1.06 bits per heavy atom. The Kier molecular flexibility index (Phi) is 2.77.